The number of hydrogen-bond acceptors (Lipinski definition) is 4. The van der Waals surface area contributed by atoms with Crippen LogP contribution in [-0.2, 0) is 0 Å². The van der Waals surface area contributed by atoms with Crippen LogP contribution >= 0.6 is 24.2 Å². The number of anilines is 1. The third kappa shape index (κ3) is 2.55. The average Bonchev–Trinajstić information content (AvgIpc) is 2.89. The number of benzene rings is 2. The molecule has 20 heavy (non-hydrogen) atoms. The van der Waals surface area contributed by atoms with Gasteiger partial charge in [-0.25, -0.2) is 0 Å². The van der Waals surface area contributed by atoms with Crippen molar-refractivity contribution in [3.63, 3.8) is 0 Å². The number of thiol groups is 1. The molecule has 0 aromatic heterocycles. The van der Waals surface area contributed by atoms with Crippen molar-refractivity contribution in [2.75, 3.05) is 12.1 Å². The third-order valence-corrected chi connectivity index (χ3v) is 3.43. The van der Waals surface area contributed by atoms with Crippen molar-refractivity contribution in [3.05, 3.63) is 47.0 Å². The van der Waals surface area contributed by atoms with Crippen LogP contribution in [0.4, 0.5) is 5.69 Å². The van der Waals surface area contributed by atoms with Gasteiger partial charge in [0.15, 0.2) is 11.5 Å². The number of rotatable bonds is 2. The summed E-state index contributed by atoms with van der Waals surface area (Å²) >= 11 is 10.2. The highest BCUT2D eigenvalue weighted by Crippen LogP contribution is 2.34. The number of halogens is 1. The van der Waals surface area contributed by atoms with Gasteiger partial charge in [-0.05, 0) is 30.3 Å². The molecule has 6 heteroatoms. The molecule has 3 rings (SSSR count). The van der Waals surface area contributed by atoms with E-state index < -0.39 is 0 Å². The Morgan fingerprint density at radius 2 is 1.95 bits per heavy atom. The van der Waals surface area contributed by atoms with Crippen molar-refractivity contribution in [1.29, 1.82) is 0 Å². The molecule has 2 aromatic rings. The number of ether oxygens (including phenoxy) is 2. The molecule has 0 saturated heterocycles. The van der Waals surface area contributed by atoms with Gasteiger partial charge in [0.25, 0.3) is 5.91 Å². The van der Waals surface area contributed by atoms with Crippen LogP contribution in [-0.4, -0.2) is 12.7 Å². The van der Waals surface area contributed by atoms with Crippen LogP contribution in [0.3, 0.4) is 0 Å². The van der Waals surface area contributed by atoms with E-state index in [0.29, 0.717) is 32.7 Å². The average molecular weight is 308 g/mol. The van der Waals surface area contributed by atoms with Crippen LogP contribution in [0.5, 0.6) is 11.5 Å². The zero-order valence-electron chi connectivity index (χ0n) is 10.2. The topological polar surface area (TPSA) is 47.6 Å². The van der Waals surface area contributed by atoms with E-state index in [9.17, 15) is 4.79 Å². The first kappa shape index (κ1) is 13.1. The minimum atomic E-state index is -0.301. The molecule has 0 radical (unpaired) electrons. The quantitative estimate of drug-likeness (QED) is 0.833. The fourth-order valence-corrected chi connectivity index (χ4v) is 2.27. The molecule has 0 spiro atoms. The monoisotopic (exact) mass is 307 g/mol. The minimum absolute atomic E-state index is 0.195. The number of amides is 1. The number of carbonyl (C=O) groups is 1. The predicted octanol–water partition coefficient (Wildman–Crippen LogP) is 3.61. The SMILES string of the molecule is O=C(Nc1ccc2c(c1)OCO2)c1cc(S)ccc1Cl. The Bertz CT molecular complexity index is 690. The summed E-state index contributed by atoms with van der Waals surface area (Å²) in [5, 5.41) is 3.14. The van der Waals surface area contributed by atoms with Crippen LogP contribution in [0.1, 0.15) is 10.4 Å². The molecule has 0 aliphatic carbocycles. The predicted molar refractivity (Wildman–Crippen MR) is 79.2 cm³/mol. The van der Waals surface area contributed by atoms with E-state index in [-0.39, 0.29) is 12.7 Å². The minimum Gasteiger partial charge on any atom is -0.454 e. The van der Waals surface area contributed by atoms with Crippen molar-refractivity contribution >= 4 is 35.8 Å². The lowest BCUT2D eigenvalue weighted by molar-refractivity contribution is 0.102. The normalized spacial score (nSPS) is 12.3. The summed E-state index contributed by atoms with van der Waals surface area (Å²) in [7, 11) is 0. The molecule has 102 valence electrons. The highest BCUT2D eigenvalue weighted by Gasteiger charge is 2.15. The maximum absolute atomic E-state index is 12.2. The van der Waals surface area contributed by atoms with Gasteiger partial charge < -0.3 is 14.8 Å². The Balaban J connectivity index is 1.84. The molecule has 1 N–H and O–H groups in total. The fourth-order valence-electron chi connectivity index (χ4n) is 1.86. The van der Waals surface area contributed by atoms with Gasteiger partial charge in [0.2, 0.25) is 6.79 Å². The largest absolute Gasteiger partial charge is 0.454 e. The van der Waals surface area contributed by atoms with E-state index in [0.717, 1.165) is 0 Å². The Labute approximate surface area is 126 Å². The molecular formula is C14H10ClNO3S. The second-order valence-corrected chi connectivity index (χ2v) is 5.11. The number of carbonyl (C=O) groups excluding carboxylic acids is 1. The van der Waals surface area contributed by atoms with Gasteiger partial charge >= 0.3 is 0 Å². The summed E-state index contributed by atoms with van der Waals surface area (Å²) in [6.07, 6.45) is 0. The van der Waals surface area contributed by atoms with Gasteiger partial charge in [0.05, 0.1) is 10.6 Å². The van der Waals surface area contributed by atoms with Gasteiger partial charge in [-0.3, -0.25) is 4.79 Å². The molecule has 1 amide bonds. The van der Waals surface area contributed by atoms with E-state index in [2.05, 4.69) is 17.9 Å². The first-order valence-electron chi connectivity index (χ1n) is 5.83. The summed E-state index contributed by atoms with van der Waals surface area (Å²) in [5.74, 6) is 0.972. The van der Waals surface area contributed by atoms with Crippen LogP contribution in [0.2, 0.25) is 5.02 Å². The van der Waals surface area contributed by atoms with Crippen molar-refractivity contribution < 1.29 is 14.3 Å². The molecule has 0 fully saturated rings. The zero-order chi connectivity index (χ0) is 14.1. The Morgan fingerprint density at radius 3 is 2.80 bits per heavy atom. The van der Waals surface area contributed by atoms with Gasteiger partial charge in [-0.15, -0.1) is 12.6 Å². The molecule has 1 aliphatic rings. The molecule has 0 atom stereocenters. The molecule has 1 heterocycles. The first-order chi connectivity index (χ1) is 9.63. The van der Waals surface area contributed by atoms with E-state index in [1.165, 1.54) is 0 Å². The van der Waals surface area contributed by atoms with Gasteiger partial charge in [-0.2, -0.15) is 0 Å². The van der Waals surface area contributed by atoms with E-state index in [4.69, 9.17) is 21.1 Å². The van der Waals surface area contributed by atoms with Crippen LogP contribution in [0, 0.1) is 0 Å². The highest BCUT2D eigenvalue weighted by molar-refractivity contribution is 7.80. The zero-order valence-corrected chi connectivity index (χ0v) is 11.9. The summed E-state index contributed by atoms with van der Waals surface area (Å²) in [4.78, 5) is 12.9. The summed E-state index contributed by atoms with van der Waals surface area (Å²) in [6, 6.07) is 10.2. The maximum atomic E-state index is 12.2. The molecule has 4 nitrogen and oxygen atoms in total. The smallest absolute Gasteiger partial charge is 0.257 e. The maximum Gasteiger partial charge on any atom is 0.257 e. The van der Waals surface area contributed by atoms with Crippen molar-refractivity contribution in [1.82, 2.24) is 0 Å². The number of hydrogen-bond donors (Lipinski definition) is 2. The van der Waals surface area contributed by atoms with Gasteiger partial charge in [0.1, 0.15) is 0 Å². The Hall–Kier alpha value is -1.85. The highest BCUT2D eigenvalue weighted by atomic mass is 35.5. The molecule has 0 unspecified atom stereocenters. The van der Waals surface area contributed by atoms with Crippen molar-refractivity contribution in [2.24, 2.45) is 0 Å². The number of fused-ring (bicyclic) bond motifs is 1. The summed E-state index contributed by atoms with van der Waals surface area (Å²) < 4.78 is 10.5. The lowest BCUT2D eigenvalue weighted by atomic mass is 10.2. The van der Waals surface area contributed by atoms with E-state index >= 15 is 0 Å². The molecule has 2 aromatic carbocycles. The molecule has 0 bridgehead atoms. The Kier molecular flexibility index (Phi) is 3.46. The lowest BCUT2D eigenvalue weighted by Crippen LogP contribution is -2.12. The lowest BCUT2D eigenvalue weighted by Gasteiger charge is -2.08. The summed E-state index contributed by atoms with van der Waals surface area (Å²) in [5.41, 5.74) is 0.983. The van der Waals surface area contributed by atoms with Crippen LogP contribution < -0.4 is 14.8 Å². The van der Waals surface area contributed by atoms with Crippen LogP contribution in [0.25, 0.3) is 0 Å². The molecular weight excluding hydrogens is 298 g/mol. The van der Waals surface area contributed by atoms with Crippen molar-refractivity contribution in [2.45, 2.75) is 4.90 Å². The van der Waals surface area contributed by atoms with Crippen molar-refractivity contribution in [3.8, 4) is 11.5 Å². The molecule has 1 aliphatic heterocycles. The molecule has 0 saturated carbocycles. The Morgan fingerprint density at radius 1 is 1.15 bits per heavy atom. The third-order valence-electron chi connectivity index (χ3n) is 2.83. The fraction of sp³-hybridized carbons (Fsp3) is 0.0714. The van der Waals surface area contributed by atoms with Gasteiger partial charge in [-0.1, -0.05) is 11.6 Å². The van der Waals surface area contributed by atoms with Crippen LogP contribution in [0.15, 0.2) is 41.3 Å². The van der Waals surface area contributed by atoms with Gasteiger partial charge in [0, 0.05) is 16.6 Å². The first-order valence-corrected chi connectivity index (χ1v) is 6.65. The second-order valence-electron chi connectivity index (χ2n) is 4.19. The number of nitrogens with one attached hydrogen (secondary N) is 1. The van der Waals surface area contributed by atoms with E-state index in [1.807, 2.05) is 0 Å². The second kappa shape index (κ2) is 5.26. The standard InChI is InChI=1S/C14H10ClNO3S/c15-11-3-2-9(20)6-10(11)14(17)16-8-1-4-12-13(5-8)19-7-18-12/h1-6,20H,7H2,(H,16,17). The summed E-state index contributed by atoms with van der Waals surface area (Å²) in [6.45, 7) is 0.195. The van der Waals surface area contributed by atoms with E-state index in [1.54, 1.807) is 36.4 Å².